The summed E-state index contributed by atoms with van der Waals surface area (Å²) in [5.74, 6) is 1.19. The van der Waals surface area contributed by atoms with Crippen molar-refractivity contribution in [3.05, 3.63) is 41.0 Å². The molecule has 0 aliphatic heterocycles. The minimum absolute atomic E-state index is 0.315. The van der Waals surface area contributed by atoms with E-state index in [1.54, 1.807) is 11.3 Å². The van der Waals surface area contributed by atoms with Gasteiger partial charge in [-0.05, 0) is 37.4 Å². The van der Waals surface area contributed by atoms with E-state index in [0.717, 1.165) is 34.0 Å². The van der Waals surface area contributed by atoms with Crippen molar-refractivity contribution in [2.75, 3.05) is 17.2 Å². The number of fused-ring (bicyclic) bond motifs is 1. The summed E-state index contributed by atoms with van der Waals surface area (Å²) >= 11 is 1.58. The number of rotatable bonds is 4. The van der Waals surface area contributed by atoms with Crippen molar-refractivity contribution in [3.63, 3.8) is 0 Å². The number of hydrogen-bond donors (Lipinski definition) is 1. The van der Waals surface area contributed by atoms with Crippen LogP contribution in [0.2, 0.25) is 0 Å². The Bertz CT molecular complexity index is 768. The summed E-state index contributed by atoms with van der Waals surface area (Å²) in [6.07, 6.45) is 0. The number of thiophene rings is 1. The molecule has 3 rings (SSSR count). The van der Waals surface area contributed by atoms with Crippen molar-refractivity contribution in [2.45, 2.75) is 20.4 Å². The highest BCUT2D eigenvalue weighted by molar-refractivity contribution is 7.16. The third kappa shape index (κ3) is 2.80. The molecule has 0 spiro atoms. The Balaban J connectivity index is 2.00. The zero-order valence-electron chi connectivity index (χ0n) is 12.1. The van der Waals surface area contributed by atoms with Gasteiger partial charge in [0.2, 0.25) is 5.95 Å². The molecule has 0 fully saturated rings. The summed E-state index contributed by atoms with van der Waals surface area (Å²) < 4.78 is 0. The monoisotopic (exact) mass is 299 g/mol. The Hall–Kier alpha value is -2.21. The van der Waals surface area contributed by atoms with Crippen molar-refractivity contribution in [1.29, 1.82) is 0 Å². The third-order valence-electron chi connectivity index (χ3n) is 3.30. The lowest BCUT2D eigenvalue weighted by Gasteiger charge is -2.22. The molecule has 0 radical (unpaired) electrons. The highest BCUT2D eigenvalue weighted by Gasteiger charge is 2.14. The summed E-state index contributed by atoms with van der Waals surface area (Å²) in [5.41, 5.74) is 7.88. The number of nitrogens with zero attached hydrogens (tertiary/aromatic N) is 4. The Kier molecular flexibility index (Phi) is 3.70. The second-order valence-electron chi connectivity index (χ2n) is 4.83. The molecule has 0 saturated heterocycles. The first-order chi connectivity index (χ1) is 10.2. The molecule has 21 heavy (non-hydrogen) atoms. The SMILES string of the molecule is CCN(Cc1cccc(C)n1)c1nc(N)nc2sccc12. The molecule has 0 atom stereocenters. The van der Waals surface area contributed by atoms with Crippen LogP contribution >= 0.6 is 11.3 Å². The topological polar surface area (TPSA) is 67.9 Å². The maximum Gasteiger partial charge on any atom is 0.223 e. The lowest BCUT2D eigenvalue weighted by atomic mass is 10.2. The average molecular weight is 299 g/mol. The van der Waals surface area contributed by atoms with Crippen LogP contribution in [0, 0.1) is 6.92 Å². The van der Waals surface area contributed by atoms with Gasteiger partial charge in [0.05, 0.1) is 17.6 Å². The molecule has 3 aromatic heterocycles. The normalized spacial score (nSPS) is 11.0. The van der Waals surface area contributed by atoms with Gasteiger partial charge < -0.3 is 10.6 Å². The summed E-state index contributed by atoms with van der Waals surface area (Å²) in [6.45, 7) is 5.64. The summed E-state index contributed by atoms with van der Waals surface area (Å²) in [5, 5.41) is 3.06. The number of aromatic nitrogens is 3. The maximum atomic E-state index is 5.84. The first-order valence-corrected chi connectivity index (χ1v) is 7.73. The summed E-state index contributed by atoms with van der Waals surface area (Å²) in [6, 6.07) is 8.10. The Morgan fingerprint density at radius 3 is 2.81 bits per heavy atom. The van der Waals surface area contributed by atoms with Gasteiger partial charge in [0, 0.05) is 12.2 Å². The average Bonchev–Trinajstić information content (AvgIpc) is 2.92. The highest BCUT2D eigenvalue weighted by Crippen LogP contribution is 2.29. The second-order valence-corrected chi connectivity index (χ2v) is 5.72. The minimum Gasteiger partial charge on any atom is -0.368 e. The van der Waals surface area contributed by atoms with Gasteiger partial charge in [-0.25, -0.2) is 4.98 Å². The van der Waals surface area contributed by atoms with Gasteiger partial charge in [-0.3, -0.25) is 4.98 Å². The highest BCUT2D eigenvalue weighted by atomic mass is 32.1. The number of nitrogen functional groups attached to an aromatic ring is 1. The quantitative estimate of drug-likeness (QED) is 0.802. The first-order valence-electron chi connectivity index (χ1n) is 6.85. The second kappa shape index (κ2) is 5.65. The third-order valence-corrected chi connectivity index (χ3v) is 4.11. The predicted octanol–water partition coefficient (Wildman–Crippen LogP) is 3.00. The summed E-state index contributed by atoms with van der Waals surface area (Å²) in [4.78, 5) is 16.4. The molecule has 5 nitrogen and oxygen atoms in total. The Morgan fingerprint density at radius 2 is 2.05 bits per heavy atom. The smallest absolute Gasteiger partial charge is 0.223 e. The molecule has 108 valence electrons. The van der Waals surface area contributed by atoms with Crippen LogP contribution in [0.25, 0.3) is 10.2 Å². The zero-order chi connectivity index (χ0) is 14.8. The largest absolute Gasteiger partial charge is 0.368 e. The molecule has 0 amide bonds. The zero-order valence-corrected chi connectivity index (χ0v) is 12.9. The van der Waals surface area contributed by atoms with Crippen LogP contribution in [0.4, 0.5) is 11.8 Å². The van der Waals surface area contributed by atoms with Gasteiger partial charge in [0.25, 0.3) is 0 Å². The molecule has 0 aliphatic carbocycles. The molecule has 0 aliphatic rings. The maximum absolute atomic E-state index is 5.84. The van der Waals surface area contributed by atoms with Crippen LogP contribution in [0.1, 0.15) is 18.3 Å². The van der Waals surface area contributed by atoms with E-state index >= 15 is 0 Å². The predicted molar refractivity (Wildman–Crippen MR) is 87.5 cm³/mol. The van der Waals surface area contributed by atoms with Crippen LogP contribution in [0.3, 0.4) is 0 Å². The van der Waals surface area contributed by atoms with E-state index in [0.29, 0.717) is 12.5 Å². The standard InChI is InChI=1S/C15H17N5S/c1-3-20(9-11-6-4-5-10(2)17-11)13-12-7-8-21-14(12)19-15(16)18-13/h4-8H,3,9H2,1-2H3,(H2,16,18,19). The van der Waals surface area contributed by atoms with Crippen LogP contribution < -0.4 is 10.6 Å². The minimum atomic E-state index is 0.315. The van der Waals surface area contributed by atoms with E-state index < -0.39 is 0 Å². The molecule has 3 aromatic rings. The van der Waals surface area contributed by atoms with Crippen molar-refractivity contribution < 1.29 is 0 Å². The fourth-order valence-electron chi connectivity index (χ4n) is 2.32. The van der Waals surface area contributed by atoms with Gasteiger partial charge in [0.15, 0.2) is 0 Å². The van der Waals surface area contributed by atoms with Crippen molar-refractivity contribution in [2.24, 2.45) is 0 Å². The fraction of sp³-hybridized carbons (Fsp3) is 0.267. The van der Waals surface area contributed by atoms with E-state index in [1.165, 1.54) is 0 Å². The number of nitrogens with two attached hydrogens (primary N) is 1. The van der Waals surface area contributed by atoms with E-state index in [2.05, 4.69) is 26.8 Å². The van der Waals surface area contributed by atoms with E-state index in [4.69, 9.17) is 5.73 Å². The molecule has 0 unspecified atom stereocenters. The number of anilines is 2. The lowest BCUT2D eigenvalue weighted by Crippen LogP contribution is -2.24. The molecule has 0 bridgehead atoms. The lowest BCUT2D eigenvalue weighted by molar-refractivity contribution is 0.794. The summed E-state index contributed by atoms with van der Waals surface area (Å²) in [7, 11) is 0. The first kappa shape index (κ1) is 13.8. The molecular weight excluding hydrogens is 282 g/mol. The van der Waals surface area contributed by atoms with Gasteiger partial charge in [-0.1, -0.05) is 6.07 Å². The number of aryl methyl sites for hydroxylation is 1. The fourth-order valence-corrected chi connectivity index (χ4v) is 3.08. The van der Waals surface area contributed by atoms with Crippen LogP contribution in [-0.4, -0.2) is 21.5 Å². The van der Waals surface area contributed by atoms with Crippen molar-refractivity contribution in [3.8, 4) is 0 Å². The van der Waals surface area contributed by atoms with Crippen LogP contribution in [0.5, 0.6) is 0 Å². The van der Waals surface area contributed by atoms with Crippen LogP contribution in [-0.2, 0) is 6.54 Å². The molecular formula is C15H17N5S. The molecule has 0 aromatic carbocycles. The van der Waals surface area contributed by atoms with Crippen molar-refractivity contribution in [1.82, 2.24) is 15.0 Å². The van der Waals surface area contributed by atoms with E-state index in [1.807, 2.05) is 36.6 Å². The van der Waals surface area contributed by atoms with E-state index in [9.17, 15) is 0 Å². The number of hydrogen-bond acceptors (Lipinski definition) is 6. The molecule has 6 heteroatoms. The number of pyridine rings is 1. The Labute approximate surface area is 127 Å². The van der Waals surface area contributed by atoms with Gasteiger partial charge in [0.1, 0.15) is 10.6 Å². The Morgan fingerprint density at radius 1 is 1.19 bits per heavy atom. The molecule has 3 heterocycles. The van der Waals surface area contributed by atoms with Gasteiger partial charge in [-0.15, -0.1) is 11.3 Å². The van der Waals surface area contributed by atoms with Gasteiger partial charge in [-0.2, -0.15) is 4.98 Å². The molecule has 0 saturated carbocycles. The molecule has 2 N–H and O–H groups in total. The van der Waals surface area contributed by atoms with Crippen molar-refractivity contribution >= 4 is 33.3 Å². The van der Waals surface area contributed by atoms with Crippen LogP contribution in [0.15, 0.2) is 29.6 Å². The van der Waals surface area contributed by atoms with E-state index in [-0.39, 0.29) is 0 Å². The van der Waals surface area contributed by atoms with Gasteiger partial charge >= 0.3 is 0 Å².